The molecule has 15 nitrogen and oxygen atoms in total. The molecule has 0 atom stereocenters. The monoisotopic (exact) mass is 974 g/mol. The zero-order chi connectivity index (χ0) is 48.6. The number of aromatic nitrogens is 2. The van der Waals surface area contributed by atoms with Gasteiger partial charge in [0.2, 0.25) is 11.6 Å². The van der Waals surface area contributed by atoms with E-state index in [-0.39, 0.29) is 104 Å². The number of benzene rings is 4. The van der Waals surface area contributed by atoms with Crippen LogP contribution >= 0.6 is 0 Å². The van der Waals surface area contributed by atoms with E-state index in [2.05, 4.69) is 0 Å². The second kappa shape index (κ2) is 24.7. The van der Waals surface area contributed by atoms with E-state index in [9.17, 15) is 29.4 Å². The number of nitrogen functional groups attached to an aromatic ring is 2. The van der Waals surface area contributed by atoms with Crippen molar-refractivity contribution in [3.05, 3.63) is 178 Å². The van der Waals surface area contributed by atoms with Crippen molar-refractivity contribution in [2.75, 3.05) is 64.3 Å². The average molecular weight is 975 g/mol. The molecule has 0 saturated heterocycles. The van der Waals surface area contributed by atoms with Gasteiger partial charge in [0.05, 0.1) is 74.0 Å². The second-order valence-corrected chi connectivity index (χ2v) is 16.0. The van der Waals surface area contributed by atoms with Crippen molar-refractivity contribution < 1.29 is 112 Å². The van der Waals surface area contributed by atoms with Crippen LogP contribution in [0.25, 0.3) is 33.3 Å². The van der Waals surface area contributed by atoms with Gasteiger partial charge in [-0.1, -0.05) is 36.4 Å². The van der Waals surface area contributed by atoms with Crippen LogP contribution in [0.15, 0.2) is 134 Å². The number of carbonyl (C=O) groups is 4. The van der Waals surface area contributed by atoms with E-state index in [1.165, 1.54) is 36.4 Å². The molecule has 4 heterocycles. The topological polar surface area (TPSA) is 221 Å². The van der Waals surface area contributed by atoms with Gasteiger partial charge in [-0.05, 0) is 121 Å². The molecule has 0 saturated carbocycles. The van der Waals surface area contributed by atoms with E-state index in [0.29, 0.717) is 75.7 Å². The van der Waals surface area contributed by atoms with Crippen LogP contribution in [0.1, 0.15) is 63.9 Å². The van der Waals surface area contributed by atoms with Crippen molar-refractivity contribution in [2.24, 2.45) is 0 Å². The number of ether oxygens (including phenoxy) is 5. The molecule has 0 aliphatic rings. The zero-order valence-corrected chi connectivity index (χ0v) is 43.9. The number of carboxylic acids is 2. The smallest absolute Gasteiger partial charge is 0.545 e. The zero-order valence-electron chi connectivity index (χ0n) is 39.9. The third-order valence-corrected chi connectivity index (χ3v) is 11.7. The summed E-state index contributed by atoms with van der Waals surface area (Å²) in [6, 6.07) is 34.7. The number of nitrogens with two attached hydrogens (primary N) is 2. The molecule has 17 heteroatoms. The Balaban J connectivity index is 0.00000413. The molecule has 0 bridgehead atoms. The van der Waals surface area contributed by atoms with E-state index in [1.54, 1.807) is 21.2 Å². The first kappa shape index (κ1) is 54.1. The largest absolute Gasteiger partial charge is 1.00 e. The van der Waals surface area contributed by atoms with Crippen molar-refractivity contribution in [2.45, 2.75) is 13.8 Å². The standard InChI is InChI=1S/C54H50N4O11.2Na/c1-33-47(45-13-3-5-19-57(45)49(33)51(59)37-15-17-43(55)41(31-37)53(61)62)35-9-7-11-39(29-35)68-27-25-66-23-21-65-22-24-67-26-28-69-40-12-8-10-36(30-40)48-34(2)50(58-20-6-4-14-46(48)58)52(60)38-16-18-44(56)42(32-38)54(63)64;;/h3-20,29-32H,21-28,55-56H2,1-2H3,(H,61,62)(H,63,64);;/q;2*+1/p-2. The number of rotatable bonds is 22. The summed E-state index contributed by atoms with van der Waals surface area (Å²) in [6.45, 7) is 6.47. The Hall–Kier alpha value is -6.24. The molecule has 0 fully saturated rings. The maximum Gasteiger partial charge on any atom is 1.00 e. The molecule has 8 aromatic rings. The molecule has 0 unspecified atom stereocenters. The summed E-state index contributed by atoms with van der Waals surface area (Å²) in [5.41, 5.74) is 18.8. The van der Waals surface area contributed by atoms with Gasteiger partial charge in [-0.15, -0.1) is 0 Å². The van der Waals surface area contributed by atoms with Crippen LogP contribution in [0.2, 0.25) is 0 Å². The Kier molecular flexibility index (Phi) is 18.8. The van der Waals surface area contributed by atoms with E-state index in [1.807, 2.05) is 98.8 Å². The number of aromatic carboxylic acids is 2. The molecule has 71 heavy (non-hydrogen) atoms. The Morgan fingerprint density at radius 2 is 0.859 bits per heavy atom. The molecule has 352 valence electrons. The molecule has 0 aliphatic heterocycles. The maximum atomic E-state index is 13.8. The van der Waals surface area contributed by atoms with Crippen molar-refractivity contribution in [1.82, 2.24) is 8.80 Å². The van der Waals surface area contributed by atoms with E-state index in [4.69, 9.17) is 35.2 Å². The number of hydrogen-bond acceptors (Lipinski definition) is 13. The van der Waals surface area contributed by atoms with Gasteiger partial charge in [-0.3, -0.25) is 9.59 Å². The second-order valence-electron chi connectivity index (χ2n) is 16.0. The van der Waals surface area contributed by atoms with Crippen LogP contribution in [0, 0.1) is 13.8 Å². The summed E-state index contributed by atoms with van der Waals surface area (Å²) in [7, 11) is 0. The summed E-state index contributed by atoms with van der Waals surface area (Å²) in [4.78, 5) is 50.9. The van der Waals surface area contributed by atoms with Gasteiger partial charge in [0.25, 0.3) is 0 Å². The maximum absolute atomic E-state index is 13.8. The molecule has 4 N–H and O–H groups in total. The van der Waals surface area contributed by atoms with Gasteiger partial charge < -0.3 is 63.8 Å². The summed E-state index contributed by atoms with van der Waals surface area (Å²) < 4.78 is 32.7. The molecule has 4 aromatic carbocycles. The van der Waals surface area contributed by atoms with Crippen LogP contribution in [0.3, 0.4) is 0 Å². The Labute approximate surface area is 453 Å². The number of ketones is 2. The first-order chi connectivity index (χ1) is 33.4. The third-order valence-electron chi connectivity index (χ3n) is 11.7. The molecule has 8 rings (SSSR count). The molecule has 0 spiro atoms. The fourth-order valence-electron chi connectivity index (χ4n) is 8.44. The Morgan fingerprint density at radius 1 is 0.479 bits per heavy atom. The van der Waals surface area contributed by atoms with Gasteiger partial charge >= 0.3 is 59.1 Å². The summed E-state index contributed by atoms with van der Waals surface area (Å²) in [6.07, 6.45) is 3.60. The predicted molar refractivity (Wildman–Crippen MR) is 256 cm³/mol. The number of anilines is 2. The number of hydrogen-bond donors (Lipinski definition) is 2. The summed E-state index contributed by atoms with van der Waals surface area (Å²) in [5, 5.41) is 23.2. The molecule has 4 aromatic heterocycles. The van der Waals surface area contributed by atoms with Crippen molar-refractivity contribution >= 4 is 45.9 Å². The van der Waals surface area contributed by atoms with E-state index < -0.39 is 11.9 Å². The Morgan fingerprint density at radius 3 is 1.24 bits per heavy atom. The summed E-state index contributed by atoms with van der Waals surface area (Å²) in [5.74, 6) is -2.36. The summed E-state index contributed by atoms with van der Waals surface area (Å²) >= 11 is 0. The number of nitrogens with zero attached hydrogens (tertiary/aromatic N) is 2. The van der Waals surface area contributed by atoms with Crippen LogP contribution in [0.5, 0.6) is 11.5 Å². The Bertz CT molecular complexity index is 3030. The fraction of sp³-hybridized carbons (Fsp3) is 0.185. The minimum atomic E-state index is -1.46. The van der Waals surface area contributed by atoms with Gasteiger partial charge in [-0.2, -0.15) is 0 Å². The minimum Gasteiger partial charge on any atom is -0.545 e. The van der Waals surface area contributed by atoms with Gasteiger partial charge in [0.15, 0.2) is 0 Å². The van der Waals surface area contributed by atoms with Crippen molar-refractivity contribution in [3.63, 3.8) is 0 Å². The van der Waals surface area contributed by atoms with Crippen LogP contribution < -0.4 is 90.3 Å². The number of fused-ring (bicyclic) bond motifs is 2. The normalized spacial score (nSPS) is 11.0. The molecule has 0 amide bonds. The molecule has 0 radical (unpaired) electrons. The average Bonchev–Trinajstić information content (AvgIpc) is 3.82. The quantitative estimate of drug-likeness (QED) is 0.0396. The van der Waals surface area contributed by atoms with Gasteiger partial charge in [0, 0.05) is 57.1 Å². The number of carbonyl (C=O) groups excluding carboxylic acids is 4. The SMILES string of the molecule is Cc1c(-c2cccc(OCCOCCOCCOCCOc3cccc(-c4c(C)c(C(=O)c5ccc(N)c(C(=O)[O-])c5)n5ccccc45)c3)c2)c2ccccn2c1C(=O)c1ccc(N)c(C(=O)[O-])c1.[Na+].[Na+]. The predicted octanol–water partition coefficient (Wildman–Crippen LogP) is 0.0118. The van der Waals surface area contributed by atoms with Crippen LogP contribution in [0.4, 0.5) is 11.4 Å². The van der Waals surface area contributed by atoms with E-state index in [0.717, 1.165) is 44.4 Å². The molecule has 0 aliphatic carbocycles. The van der Waals surface area contributed by atoms with Crippen LogP contribution in [-0.4, -0.2) is 85.2 Å². The van der Waals surface area contributed by atoms with Gasteiger partial charge in [0.1, 0.15) is 24.7 Å². The third kappa shape index (κ3) is 12.1. The minimum absolute atomic E-state index is 0. The van der Waals surface area contributed by atoms with Crippen molar-refractivity contribution in [1.29, 1.82) is 0 Å². The fourth-order valence-corrected chi connectivity index (χ4v) is 8.44. The van der Waals surface area contributed by atoms with Crippen molar-refractivity contribution in [3.8, 4) is 33.8 Å². The first-order valence-corrected chi connectivity index (χ1v) is 22.1. The molecular formula is C54H48N4Na2O11. The van der Waals surface area contributed by atoms with E-state index >= 15 is 0 Å². The number of carboxylic acid groups (broad SMARTS) is 2. The number of pyridine rings is 2. The molecular weight excluding hydrogens is 927 g/mol. The van der Waals surface area contributed by atoms with Crippen LogP contribution in [-0.2, 0) is 14.2 Å². The van der Waals surface area contributed by atoms with Gasteiger partial charge in [-0.25, -0.2) is 0 Å². The first-order valence-electron chi connectivity index (χ1n) is 22.1.